The minimum absolute atomic E-state index is 0.114. The number of carbonyl (C=O) groups is 2. The molecule has 2 heterocycles. The Balaban J connectivity index is 1.66. The summed E-state index contributed by atoms with van der Waals surface area (Å²) in [6, 6.07) is 5.42. The maximum Gasteiger partial charge on any atom is 0.322 e. The SMILES string of the molecule is Cc1ccc(NC(=O)N2CCCC2C(=O)N2CCSCC2)cc1C. The molecule has 0 spiro atoms. The second-order valence-corrected chi connectivity index (χ2v) is 7.74. The summed E-state index contributed by atoms with van der Waals surface area (Å²) in [7, 11) is 0. The third-order valence-corrected chi connectivity index (χ3v) is 5.82. The highest BCUT2D eigenvalue weighted by Gasteiger charge is 2.36. The summed E-state index contributed by atoms with van der Waals surface area (Å²) in [5, 5.41) is 2.95. The summed E-state index contributed by atoms with van der Waals surface area (Å²) >= 11 is 1.88. The number of hydrogen-bond acceptors (Lipinski definition) is 3. The quantitative estimate of drug-likeness (QED) is 0.895. The van der Waals surface area contributed by atoms with Crippen molar-refractivity contribution >= 4 is 29.4 Å². The van der Waals surface area contributed by atoms with Crippen LogP contribution in [0.5, 0.6) is 0 Å². The minimum atomic E-state index is -0.306. The molecule has 24 heavy (non-hydrogen) atoms. The largest absolute Gasteiger partial charge is 0.339 e. The maximum atomic E-state index is 12.8. The molecule has 0 saturated carbocycles. The first-order valence-corrected chi connectivity index (χ1v) is 9.73. The van der Waals surface area contributed by atoms with E-state index in [2.05, 4.69) is 5.32 Å². The zero-order valence-corrected chi connectivity index (χ0v) is 15.2. The Kier molecular flexibility index (Phi) is 5.33. The van der Waals surface area contributed by atoms with Gasteiger partial charge in [0.2, 0.25) is 5.91 Å². The molecule has 0 bridgehead atoms. The number of anilines is 1. The normalized spacial score (nSPS) is 21.0. The first-order chi connectivity index (χ1) is 11.6. The van der Waals surface area contributed by atoms with Gasteiger partial charge in [0.05, 0.1) is 0 Å². The van der Waals surface area contributed by atoms with Crippen LogP contribution >= 0.6 is 11.8 Å². The van der Waals surface area contributed by atoms with Crippen LogP contribution in [0.4, 0.5) is 10.5 Å². The van der Waals surface area contributed by atoms with Crippen molar-refractivity contribution in [3.63, 3.8) is 0 Å². The molecule has 2 aliphatic heterocycles. The van der Waals surface area contributed by atoms with Crippen molar-refractivity contribution in [1.82, 2.24) is 9.80 Å². The van der Waals surface area contributed by atoms with Crippen molar-refractivity contribution in [2.75, 3.05) is 36.5 Å². The van der Waals surface area contributed by atoms with Gasteiger partial charge in [0.25, 0.3) is 0 Å². The number of urea groups is 1. The van der Waals surface area contributed by atoms with Gasteiger partial charge in [0.15, 0.2) is 0 Å². The molecule has 1 unspecified atom stereocenters. The number of nitrogens with one attached hydrogen (secondary N) is 1. The molecular formula is C18H25N3O2S. The number of nitrogens with zero attached hydrogens (tertiary/aromatic N) is 2. The van der Waals surface area contributed by atoms with Gasteiger partial charge in [-0.2, -0.15) is 11.8 Å². The van der Waals surface area contributed by atoms with Crippen LogP contribution in [0.1, 0.15) is 24.0 Å². The highest BCUT2D eigenvalue weighted by atomic mass is 32.2. The second-order valence-electron chi connectivity index (χ2n) is 6.52. The number of carbonyl (C=O) groups excluding carboxylic acids is 2. The van der Waals surface area contributed by atoms with Crippen LogP contribution in [0.15, 0.2) is 18.2 Å². The van der Waals surface area contributed by atoms with E-state index in [1.165, 1.54) is 5.56 Å². The molecule has 0 aromatic heterocycles. The second kappa shape index (κ2) is 7.47. The van der Waals surface area contributed by atoms with Gasteiger partial charge in [-0.25, -0.2) is 4.79 Å². The highest BCUT2D eigenvalue weighted by Crippen LogP contribution is 2.23. The monoisotopic (exact) mass is 347 g/mol. The molecule has 6 heteroatoms. The van der Waals surface area contributed by atoms with Crippen LogP contribution in [0.2, 0.25) is 0 Å². The molecule has 5 nitrogen and oxygen atoms in total. The third-order valence-electron chi connectivity index (χ3n) is 4.88. The van der Waals surface area contributed by atoms with Crippen LogP contribution in [0.25, 0.3) is 0 Å². The van der Waals surface area contributed by atoms with Gasteiger partial charge in [-0.3, -0.25) is 4.79 Å². The summed E-state index contributed by atoms with van der Waals surface area (Å²) in [6.45, 7) is 6.32. The highest BCUT2D eigenvalue weighted by molar-refractivity contribution is 7.99. The lowest BCUT2D eigenvalue weighted by Crippen LogP contribution is -2.51. The lowest BCUT2D eigenvalue weighted by atomic mass is 10.1. The van der Waals surface area contributed by atoms with Crippen molar-refractivity contribution in [3.8, 4) is 0 Å². The Morgan fingerprint density at radius 1 is 1.12 bits per heavy atom. The van der Waals surface area contributed by atoms with Crippen molar-refractivity contribution in [2.45, 2.75) is 32.7 Å². The van der Waals surface area contributed by atoms with Gasteiger partial charge in [-0.05, 0) is 49.9 Å². The molecule has 3 amide bonds. The van der Waals surface area contributed by atoms with E-state index in [9.17, 15) is 9.59 Å². The number of likely N-dealkylation sites (tertiary alicyclic amines) is 1. The van der Waals surface area contributed by atoms with Gasteiger partial charge >= 0.3 is 6.03 Å². The molecule has 2 fully saturated rings. The molecule has 0 aliphatic carbocycles. The van der Waals surface area contributed by atoms with Crippen molar-refractivity contribution < 1.29 is 9.59 Å². The van der Waals surface area contributed by atoms with Crippen LogP contribution in [0, 0.1) is 13.8 Å². The van der Waals surface area contributed by atoms with Crippen molar-refractivity contribution in [1.29, 1.82) is 0 Å². The smallest absolute Gasteiger partial charge is 0.322 e. The van der Waals surface area contributed by atoms with Crippen LogP contribution in [0.3, 0.4) is 0 Å². The molecule has 1 aromatic rings. The summed E-state index contributed by atoms with van der Waals surface area (Å²) in [5.74, 6) is 2.10. The molecule has 2 aliphatic rings. The number of aryl methyl sites for hydroxylation is 2. The topological polar surface area (TPSA) is 52.7 Å². The number of rotatable bonds is 2. The summed E-state index contributed by atoms with van der Waals surface area (Å²) < 4.78 is 0. The van der Waals surface area contributed by atoms with E-state index in [0.29, 0.717) is 6.54 Å². The Morgan fingerprint density at radius 3 is 2.58 bits per heavy atom. The van der Waals surface area contributed by atoms with Crippen LogP contribution in [-0.2, 0) is 4.79 Å². The van der Waals surface area contributed by atoms with Crippen molar-refractivity contribution in [3.05, 3.63) is 29.3 Å². The third kappa shape index (κ3) is 3.69. The van der Waals surface area contributed by atoms with E-state index in [1.54, 1.807) is 4.90 Å². The van der Waals surface area contributed by atoms with Gasteiger partial charge < -0.3 is 15.1 Å². The van der Waals surface area contributed by atoms with E-state index in [-0.39, 0.29) is 18.0 Å². The Labute approximate surface area is 147 Å². The fourth-order valence-electron chi connectivity index (χ4n) is 3.28. The summed E-state index contributed by atoms with van der Waals surface area (Å²) in [5.41, 5.74) is 3.13. The predicted molar refractivity (Wildman–Crippen MR) is 98.6 cm³/mol. The average Bonchev–Trinajstić information content (AvgIpc) is 3.08. The first-order valence-electron chi connectivity index (χ1n) is 8.57. The first kappa shape index (κ1) is 17.1. The molecule has 3 rings (SSSR count). The summed E-state index contributed by atoms with van der Waals surface area (Å²) in [4.78, 5) is 29.0. The van der Waals surface area contributed by atoms with Crippen LogP contribution in [-0.4, -0.2) is 58.9 Å². The molecule has 2 saturated heterocycles. The maximum absolute atomic E-state index is 12.8. The van der Waals surface area contributed by atoms with E-state index in [4.69, 9.17) is 0 Å². The standard InChI is InChI=1S/C18H25N3O2S/c1-13-5-6-15(12-14(13)2)19-18(23)21-7-3-4-16(21)17(22)20-8-10-24-11-9-20/h5-6,12,16H,3-4,7-11H2,1-2H3,(H,19,23). The van der Waals surface area contributed by atoms with Gasteiger partial charge in [-0.1, -0.05) is 6.07 Å². The average molecular weight is 347 g/mol. The molecule has 0 radical (unpaired) electrons. The number of hydrogen-bond donors (Lipinski definition) is 1. The van der Waals surface area contributed by atoms with Gasteiger partial charge in [-0.15, -0.1) is 0 Å². The zero-order valence-electron chi connectivity index (χ0n) is 14.4. The van der Waals surface area contributed by atoms with E-state index in [0.717, 1.165) is 48.7 Å². The lowest BCUT2D eigenvalue weighted by molar-refractivity contribution is -0.134. The molecule has 1 N–H and O–H groups in total. The number of amides is 3. The van der Waals surface area contributed by atoms with E-state index >= 15 is 0 Å². The Hall–Kier alpha value is -1.69. The van der Waals surface area contributed by atoms with Crippen molar-refractivity contribution in [2.24, 2.45) is 0 Å². The zero-order chi connectivity index (χ0) is 17.1. The predicted octanol–water partition coefficient (Wildman–Crippen LogP) is 2.88. The minimum Gasteiger partial charge on any atom is -0.339 e. The van der Waals surface area contributed by atoms with Crippen LogP contribution < -0.4 is 5.32 Å². The Morgan fingerprint density at radius 2 is 1.88 bits per heavy atom. The fraction of sp³-hybridized carbons (Fsp3) is 0.556. The number of benzene rings is 1. The van der Waals surface area contributed by atoms with E-state index in [1.807, 2.05) is 48.7 Å². The number of thioether (sulfide) groups is 1. The molecule has 130 valence electrons. The lowest BCUT2D eigenvalue weighted by Gasteiger charge is -2.32. The molecule has 1 aromatic carbocycles. The van der Waals surface area contributed by atoms with E-state index < -0.39 is 0 Å². The Bertz CT molecular complexity index is 629. The molecular weight excluding hydrogens is 322 g/mol. The van der Waals surface area contributed by atoms with Gasteiger partial charge in [0.1, 0.15) is 6.04 Å². The fourth-order valence-corrected chi connectivity index (χ4v) is 4.18. The molecule has 1 atom stereocenters. The van der Waals surface area contributed by atoms with Gasteiger partial charge in [0, 0.05) is 36.8 Å². The summed E-state index contributed by atoms with van der Waals surface area (Å²) in [6.07, 6.45) is 1.65.